The highest BCUT2D eigenvalue weighted by atomic mass is 32.2. The van der Waals surface area contributed by atoms with Crippen LogP contribution in [0.2, 0.25) is 0 Å². The van der Waals surface area contributed by atoms with Crippen LogP contribution in [-0.4, -0.2) is 32.2 Å². The van der Waals surface area contributed by atoms with Crippen molar-refractivity contribution < 1.29 is 12.8 Å². The van der Waals surface area contributed by atoms with Crippen molar-refractivity contribution in [1.29, 1.82) is 0 Å². The maximum absolute atomic E-state index is 12.4. The minimum absolute atomic E-state index is 0.252. The Morgan fingerprint density at radius 2 is 2.10 bits per heavy atom. The molecule has 1 aliphatic heterocycles. The molecule has 6 nitrogen and oxygen atoms in total. The van der Waals surface area contributed by atoms with Crippen molar-refractivity contribution in [3.8, 4) is 0 Å². The number of hydrogen-bond donors (Lipinski definition) is 1. The van der Waals surface area contributed by atoms with Crippen LogP contribution in [0.3, 0.4) is 0 Å². The first-order chi connectivity index (χ1) is 10.2. The van der Waals surface area contributed by atoms with Crippen LogP contribution < -0.4 is 5.32 Å². The Balaban J connectivity index is 1.62. The molecule has 0 spiro atoms. The summed E-state index contributed by atoms with van der Waals surface area (Å²) in [5, 5.41) is 3.17. The molecule has 2 aromatic rings. The average molecular weight is 305 g/mol. The van der Waals surface area contributed by atoms with E-state index in [1.165, 1.54) is 10.6 Å². The van der Waals surface area contributed by atoms with Crippen LogP contribution in [0.1, 0.15) is 5.56 Å². The number of aliphatic imine (C=N–C) groups is 1. The third-order valence-electron chi connectivity index (χ3n) is 3.20. The van der Waals surface area contributed by atoms with Gasteiger partial charge in [-0.2, -0.15) is 0 Å². The van der Waals surface area contributed by atoms with E-state index in [1.807, 2.05) is 6.07 Å². The van der Waals surface area contributed by atoms with E-state index < -0.39 is 10.0 Å². The molecule has 3 rings (SSSR count). The Hall–Kier alpha value is -2.12. The topological polar surface area (TPSA) is 74.9 Å². The Morgan fingerprint density at radius 1 is 1.24 bits per heavy atom. The molecule has 0 radical (unpaired) electrons. The van der Waals surface area contributed by atoms with Gasteiger partial charge in [-0.3, -0.25) is 4.31 Å². The number of rotatable bonds is 5. The number of para-hydroxylation sites is 1. The number of nitrogens with one attached hydrogen (secondary N) is 1. The zero-order valence-electron chi connectivity index (χ0n) is 11.3. The van der Waals surface area contributed by atoms with Crippen LogP contribution in [-0.2, 0) is 16.6 Å². The van der Waals surface area contributed by atoms with E-state index in [2.05, 4.69) is 10.3 Å². The lowest BCUT2D eigenvalue weighted by atomic mass is 10.3. The van der Waals surface area contributed by atoms with Crippen molar-refractivity contribution in [3.05, 3.63) is 48.4 Å². The second kappa shape index (κ2) is 5.71. The molecule has 0 saturated heterocycles. The Labute approximate surface area is 123 Å². The smallest absolute Gasteiger partial charge is 0.267 e. The summed E-state index contributed by atoms with van der Waals surface area (Å²) >= 11 is 0. The minimum Gasteiger partial charge on any atom is -0.472 e. The summed E-state index contributed by atoms with van der Waals surface area (Å²) in [6, 6.07) is 8.60. The van der Waals surface area contributed by atoms with Gasteiger partial charge in [0.15, 0.2) is 0 Å². The van der Waals surface area contributed by atoms with Gasteiger partial charge >= 0.3 is 0 Å². The average Bonchev–Trinajstić information content (AvgIpc) is 2.99. The zero-order chi connectivity index (χ0) is 14.7. The maximum Gasteiger partial charge on any atom is 0.267 e. The highest BCUT2D eigenvalue weighted by molar-refractivity contribution is 7.89. The van der Waals surface area contributed by atoms with Crippen LogP contribution in [0.4, 0.5) is 5.69 Å². The molecule has 1 aliphatic rings. The Morgan fingerprint density at radius 3 is 2.90 bits per heavy atom. The quantitative estimate of drug-likeness (QED) is 0.854. The summed E-state index contributed by atoms with van der Waals surface area (Å²) in [4.78, 5) is 4.43. The van der Waals surface area contributed by atoms with Gasteiger partial charge < -0.3 is 9.73 Å². The molecule has 0 atom stereocenters. The summed E-state index contributed by atoms with van der Waals surface area (Å²) in [5.41, 5.74) is 1.51. The van der Waals surface area contributed by atoms with Crippen LogP contribution in [0, 0.1) is 0 Å². The first-order valence-electron chi connectivity index (χ1n) is 6.55. The van der Waals surface area contributed by atoms with Gasteiger partial charge in [0.25, 0.3) is 10.0 Å². The number of fused-ring (bicyclic) bond motifs is 1. The van der Waals surface area contributed by atoms with Gasteiger partial charge in [0.2, 0.25) is 0 Å². The van der Waals surface area contributed by atoms with Crippen molar-refractivity contribution in [2.45, 2.75) is 11.4 Å². The van der Waals surface area contributed by atoms with Crippen molar-refractivity contribution in [1.82, 2.24) is 9.62 Å². The largest absolute Gasteiger partial charge is 0.472 e. The van der Waals surface area contributed by atoms with Crippen LogP contribution in [0.15, 0.2) is 57.2 Å². The normalized spacial score (nSPS) is 15.9. The third-order valence-corrected chi connectivity index (χ3v) is 4.99. The number of nitrogens with zero attached hydrogens (tertiary/aromatic N) is 2. The molecule has 0 amide bonds. The molecule has 21 heavy (non-hydrogen) atoms. The van der Waals surface area contributed by atoms with Crippen LogP contribution in [0.5, 0.6) is 0 Å². The summed E-state index contributed by atoms with van der Waals surface area (Å²) in [6.45, 7) is 1.49. The molecule has 0 bridgehead atoms. The fourth-order valence-electron chi connectivity index (χ4n) is 2.09. The fourth-order valence-corrected chi connectivity index (χ4v) is 3.48. The predicted octanol–water partition coefficient (Wildman–Crippen LogP) is 1.73. The lowest BCUT2D eigenvalue weighted by Gasteiger charge is -2.24. The SMILES string of the molecule is O=S1(=O)c2ccccc2N=CN1CCNCc1ccoc1. The number of hydrogen-bond acceptors (Lipinski definition) is 5. The van der Waals surface area contributed by atoms with Gasteiger partial charge in [0, 0.05) is 25.2 Å². The molecule has 0 unspecified atom stereocenters. The third kappa shape index (κ3) is 2.84. The summed E-state index contributed by atoms with van der Waals surface area (Å²) in [7, 11) is -3.49. The number of benzene rings is 1. The molecule has 0 saturated carbocycles. The molecule has 0 aliphatic carbocycles. The summed E-state index contributed by atoms with van der Waals surface area (Å²) in [6.07, 6.45) is 4.63. The highest BCUT2D eigenvalue weighted by Gasteiger charge is 2.27. The van der Waals surface area contributed by atoms with Gasteiger partial charge in [0.05, 0.1) is 18.2 Å². The van der Waals surface area contributed by atoms with E-state index in [1.54, 1.807) is 36.8 Å². The van der Waals surface area contributed by atoms with Gasteiger partial charge in [0.1, 0.15) is 11.2 Å². The summed E-state index contributed by atoms with van der Waals surface area (Å²) in [5.74, 6) is 0. The fraction of sp³-hybridized carbons (Fsp3) is 0.214. The predicted molar refractivity (Wildman–Crippen MR) is 78.9 cm³/mol. The monoisotopic (exact) mass is 305 g/mol. The van der Waals surface area contributed by atoms with E-state index >= 15 is 0 Å². The second-order valence-electron chi connectivity index (χ2n) is 4.64. The van der Waals surface area contributed by atoms with E-state index in [0.29, 0.717) is 25.3 Å². The first kappa shape index (κ1) is 13.8. The van der Waals surface area contributed by atoms with Crippen molar-refractivity contribution in [2.75, 3.05) is 13.1 Å². The standard InChI is InChI=1S/C14H15N3O3S/c18-21(19)14-4-2-1-3-13(14)16-11-17(21)7-6-15-9-12-5-8-20-10-12/h1-5,8,10-11,15H,6-7,9H2. The van der Waals surface area contributed by atoms with Gasteiger partial charge in [-0.1, -0.05) is 12.1 Å². The van der Waals surface area contributed by atoms with E-state index in [4.69, 9.17) is 4.42 Å². The van der Waals surface area contributed by atoms with E-state index in [9.17, 15) is 8.42 Å². The van der Waals surface area contributed by atoms with Crippen molar-refractivity contribution in [3.63, 3.8) is 0 Å². The van der Waals surface area contributed by atoms with E-state index in [-0.39, 0.29) is 4.90 Å². The second-order valence-corrected chi connectivity index (χ2v) is 6.50. The lowest BCUT2D eigenvalue weighted by molar-refractivity contribution is 0.508. The van der Waals surface area contributed by atoms with Gasteiger partial charge in [-0.05, 0) is 18.2 Å². The molecule has 110 valence electrons. The van der Waals surface area contributed by atoms with Crippen molar-refractivity contribution >= 4 is 22.0 Å². The van der Waals surface area contributed by atoms with Crippen molar-refractivity contribution in [2.24, 2.45) is 4.99 Å². The Kier molecular flexibility index (Phi) is 3.76. The van der Waals surface area contributed by atoms with Gasteiger partial charge in [-0.15, -0.1) is 0 Å². The van der Waals surface area contributed by atoms with Crippen LogP contribution in [0.25, 0.3) is 0 Å². The Bertz CT molecular complexity index is 739. The molecule has 1 aromatic heterocycles. The zero-order valence-corrected chi connectivity index (χ0v) is 12.1. The molecule has 7 heteroatoms. The molecular weight excluding hydrogens is 290 g/mol. The van der Waals surface area contributed by atoms with Crippen LogP contribution >= 0.6 is 0 Å². The molecule has 0 fully saturated rings. The minimum atomic E-state index is -3.49. The van der Waals surface area contributed by atoms with Gasteiger partial charge in [-0.25, -0.2) is 13.4 Å². The number of furan rings is 1. The molecule has 1 aromatic carbocycles. The van der Waals surface area contributed by atoms with E-state index in [0.717, 1.165) is 5.56 Å². The molecule has 1 N–H and O–H groups in total. The first-order valence-corrected chi connectivity index (χ1v) is 7.99. The number of sulfonamides is 1. The maximum atomic E-state index is 12.4. The molecule has 2 heterocycles. The lowest BCUT2D eigenvalue weighted by Crippen LogP contribution is -2.37. The summed E-state index contributed by atoms with van der Waals surface area (Å²) < 4.78 is 31.1. The molecular formula is C14H15N3O3S. The highest BCUT2D eigenvalue weighted by Crippen LogP contribution is 2.29.